The van der Waals surface area contributed by atoms with Gasteiger partial charge in [-0.1, -0.05) is 6.07 Å². The second kappa shape index (κ2) is 8.38. The molecule has 0 spiro atoms. The van der Waals surface area contributed by atoms with E-state index in [1.54, 1.807) is 35.0 Å². The first-order valence-corrected chi connectivity index (χ1v) is 10.2. The van der Waals surface area contributed by atoms with Gasteiger partial charge in [0.15, 0.2) is 5.65 Å². The molecule has 0 aliphatic heterocycles. The topological polar surface area (TPSA) is 71.2 Å². The molecule has 0 radical (unpaired) electrons. The molecule has 166 valence electrons. The van der Waals surface area contributed by atoms with E-state index in [0.29, 0.717) is 27.8 Å². The Morgan fingerprint density at radius 3 is 2.70 bits per heavy atom. The van der Waals surface area contributed by atoms with E-state index in [1.807, 2.05) is 31.4 Å². The molecule has 0 aliphatic carbocycles. The average Bonchev–Trinajstić information content (AvgIpc) is 3.21. The number of hydrogen-bond donors (Lipinski definition) is 0. The number of halogens is 1. The molecule has 7 nitrogen and oxygen atoms in total. The lowest BCUT2D eigenvalue weighted by Crippen LogP contribution is -2.21. The molecule has 3 aromatic heterocycles. The highest BCUT2D eigenvalue weighted by Crippen LogP contribution is 2.27. The summed E-state index contributed by atoms with van der Waals surface area (Å²) in [5.74, 6) is 0.314. The Morgan fingerprint density at radius 1 is 1.06 bits per heavy atom. The minimum atomic E-state index is -2.60. The fraction of sp³-hybridized carbons (Fsp3) is 0.160. The third-order valence-corrected chi connectivity index (χ3v) is 5.29. The molecule has 0 atom stereocenters. The van der Waals surface area contributed by atoms with Crippen LogP contribution in [-0.2, 0) is 7.05 Å². The summed E-state index contributed by atoms with van der Waals surface area (Å²) in [7, 11) is -0.767. The Hall–Kier alpha value is -4.20. The van der Waals surface area contributed by atoms with E-state index in [9.17, 15) is 9.18 Å². The lowest BCUT2D eigenvalue weighted by Gasteiger charge is -2.14. The summed E-state index contributed by atoms with van der Waals surface area (Å²) in [6, 6.07) is 16.8. The highest BCUT2D eigenvalue weighted by Gasteiger charge is 2.16. The number of rotatable bonds is 6. The summed E-state index contributed by atoms with van der Waals surface area (Å²) in [4.78, 5) is 18.3. The van der Waals surface area contributed by atoms with Gasteiger partial charge in [0.1, 0.15) is 19.0 Å². The second-order valence-corrected chi connectivity index (χ2v) is 7.47. The van der Waals surface area contributed by atoms with Crippen molar-refractivity contribution in [2.24, 2.45) is 7.05 Å². The van der Waals surface area contributed by atoms with Gasteiger partial charge in [-0.15, -0.1) is 0 Å². The highest BCUT2D eigenvalue weighted by atomic mass is 19.1. The summed E-state index contributed by atoms with van der Waals surface area (Å²) < 4.78 is 47.9. The van der Waals surface area contributed by atoms with Crippen molar-refractivity contribution in [2.45, 2.75) is 0 Å². The van der Waals surface area contributed by atoms with Gasteiger partial charge in [0, 0.05) is 35.6 Å². The van der Waals surface area contributed by atoms with Gasteiger partial charge in [-0.3, -0.25) is 14.0 Å². The fourth-order valence-corrected chi connectivity index (χ4v) is 3.82. The maximum atomic E-state index is 13.8. The smallest absolute Gasteiger partial charge is 0.264 e. The van der Waals surface area contributed by atoms with Crippen LogP contribution >= 0.6 is 0 Å². The molecule has 2 aromatic carbocycles. The average molecular weight is 447 g/mol. The molecule has 5 aromatic rings. The number of fused-ring (bicyclic) bond motifs is 2. The Labute approximate surface area is 192 Å². The van der Waals surface area contributed by atoms with Crippen LogP contribution in [0, 0.1) is 0 Å². The minimum Gasteiger partial charge on any atom is -0.497 e. The summed E-state index contributed by atoms with van der Waals surface area (Å²) in [5.41, 5.74) is 2.37. The van der Waals surface area contributed by atoms with Gasteiger partial charge in [-0.25, -0.2) is 4.39 Å². The molecular formula is C25H21FN4O3. The van der Waals surface area contributed by atoms with Crippen LogP contribution in [0.1, 0.15) is 4.11 Å². The maximum Gasteiger partial charge on any atom is 0.264 e. The molecule has 0 bridgehead atoms. The van der Waals surface area contributed by atoms with Crippen molar-refractivity contribution < 1.29 is 18.0 Å². The maximum absolute atomic E-state index is 13.8. The molecule has 5 rings (SSSR count). The first-order chi connectivity index (χ1) is 17.2. The number of ether oxygens (including phenoxy) is 2. The van der Waals surface area contributed by atoms with Gasteiger partial charge in [-0.05, 0) is 54.1 Å². The second-order valence-electron chi connectivity index (χ2n) is 7.47. The zero-order chi connectivity index (χ0) is 25.4. The number of nitrogens with zero attached hydrogens (tertiary/aromatic N) is 4. The highest BCUT2D eigenvalue weighted by molar-refractivity contribution is 5.88. The standard InChI is InChI=1S/C25H21FN4O3/c1-29-15-18-13-16(3-9-22(18)28-29)21-14-17-4-10-23(33-12-11-26)27-24(17)30(25(21)31)19-5-7-20(32-2)8-6-19/h3-10,13-15H,11-12H2,1-2H3/i2D3. The Bertz CT molecular complexity index is 1630. The summed E-state index contributed by atoms with van der Waals surface area (Å²) in [6.07, 6.45) is 1.87. The van der Waals surface area contributed by atoms with E-state index >= 15 is 0 Å². The summed E-state index contributed by atoms with van der Waals surface area (Å²) in [6.45, 7) is -0.833. The van der Waals surface area contributed by atoms with Crippen molar-refractivity contribution in [1.29, 1.82) is 0 Å². The van der Waals surface area contributed by atoms with Crippen molar-refractivity contribution in [2.75, 3.05) is 20.3 Å². The number of aromatic nitrogens is 4. The van der Waals surface area contributed by atoms with E-state index in [-0.39, 0.29) is 23.8 Å². The third-order valence-electron chi connectivity index (χ3n) is 5.29. The fourth-order valence-electron chi connectivity index (χ4n) is 3.82. The van der Waals surface area contributed by atoms with Gasteiger partial charge < -0.3 is 9.47 Å². The zero-order valence-corrected chi connectivity index (χ0v) is 17.7. The molecule has 0 saturated carbocycles. The normalized spacial score (nSPS) is 13.0. The number of pyridine rings is 2. The third kappa shape index (κ3) is 3.80. The van der Waals surface area contributed by atoms with Crippen molar-refractivity contribution in [3.8, 4) is 28.4 Å². The van der Waals surface area contributed by atoms with E-state index in [4.69, 9.17) is 13.6 Å². The van der Waals surface area contributed by atoms with Gasteiger partial charge in [0.05, 0.1) is 22.4 Å². The van der Waals surface area contributed by atoms with Crippen LogP contribution in [-0.4, -0.2) is 39.7 Å². The van der Waals surface area contributed by atoms with Crippen molar-refractivity contribution in [1.82, 2.24) is 19.3 Å². The van der Waals surface area contributed by atoms with Crippen LogP contribution in [0.4, 0.5) is 4.39 Å². The molecule has 0 amide bonds. The van der Waals surface area contributed by atoms with Crippen LogP contribution in [0.2, 0.25) is 0 Å². The first kappa shape index (κ1) is 17.4. The predicted molar refractivity (Wildman–Crippen MR) is 125 cm³/mol. The molecule has 0 saturated heterocycles. The summed E-state index contributed by atoms with van der Waals surface area (Å²) >= 11 is 0. The SMILES string of the molecule is [2H]C([2H])([2H])Oc1ccc(-n2c(=O)c(-c3ccc4nn(C)cc4c3)cc3ccc(OCCF)nc32)cc1. The van der Waals surface area contributed by atoms with Gasteiger partial charge in [0.25, 0.3) is 5.56 Å². The van der Waals surface area contributed by atoms with E-state index in [2.05, 4.69) is 10.1 Å². The van der Waals surface area contributed by atoms with Crippen molar-refractivity contribution in [3.05, 3.63) is 77.2 Å². The van der Waals surface area contributed by atoms with Gasteiger partial charge in [-0.2, -0.15) is 10.1 Å². The molecule has 0 unspecified atom stereocenters. The van der Waals surface area contributed by atoms with E-state index in [1.165, 1.54) is 16.7 Å². The number of benzene rings is 2. The van der Waals surface area contributed by atoms with E-state index < -0.39 is 13.7 Å². The zero-order valence-electron chi connectivity index (χ0n) is 20.7. The lowest BCUT2D eigenvalue weighted by molar-refractivity contribution is 0.265. The van der Waals surface area contributed by atoms with Crippen LogP contribution in [0.5, 0.6) is 11.6 Å². The number of aryl methyl sites for hydroxylation is 1. The van der Waals surface area contributed by atoms with E-state index in [0.717, 1.165) is 10.9 Å². The monoisotopic (exact) mass is 447 g/mol. The van der Waals surface area contributed by atoms with Crippen molar-refractivity contribution >= 4 is 21.9 Å². The Balaban J connectivity index is 1.70. The molecular weight excluding hydrogens is 423 g/mol. The quantitative estimate of drug-likeness (QED) is 0.388. The Kier molecular flexibility index (Phi) is 4.41. The Morgan fingerprint density at radius 2 is 1.91 bits per heavy atom. The number of hydrogen-bond acceptors (Lipinski definition) is 5. The minimum absolute atomic E-state index is 0.134. The number of alkyl halides is 1. The molecule has 0 aliphatic rings. The summed E-state index contributed by atoms with van der Waals surface area (Å²) in [5, 5.41) is 5.93. The molecule has 33 heavy (non-hydrogen) atoms. The van der Waals surface area contributed by atoms with Crippen LogP contribution < -0.4 is 15.0 Å². The van der Waals surface area contributed by atoms with Crippen LogP contribution in [0.3, 0.4) is 0 Å². The number of methoxy groups -OCH3 is 1. The van der Waals surface area contributed by atoms with Crippen LogP contribution in [0.15, 0.2) is 71.7 Å². The lowest BCUT2D eigenvalue weighted by atomic mass is 10.0. The first-order valence-electron chi connectivity index (χ1n) is 11.7. The van der Waals surface area contributed by atoms with Crippen LogP contribution in [0.25, 0.3) is 38.8 Å². The van der Waals surface area contributed by atoms with Crippen molar-refractivity contribution in [3.63, 3.8) is 0 Å². The molecule has 0 N–H and O–H groups in total. The predicted octanol–water partition coefficient (Wildman–Crippen LogP) is 4.30. The van der Waals surface area contributed by atoms with Gasteiger partial charge >= 0.3 is 0 Å². The molecule has 0 fully saturated rings. The van der Waals surface area contributed by atoms with Gasteiger partial charge in [0.2, 0.25) is 5.88 Å². The molecule has 3 heterocycles. The largest absolute Gasteiger partial charge is 0.497 e. The molecule has 8 heteroatoms.